The molecule has 0 fully saturated rings. The van der Waals surface area contributed by atoms with Gasteiger partial charge >= 0.3 is 5.97 Å². The molecule has 0 amide bonds. The number of aromatic nitrogens is 2. The number of aromatic carboxylic acids is 1. The molecule has 1 aliphatic rings. The summed E-state index contributed by atoms with van der Waals surface area (Å²) in [5.74, 6) is -0.272. The number of nitrogens with zero attached hydrogens (tertiary/aromatic N) is 1. The third-order valence-electron chi connectivity index (χ3n) is 5.75. The average Bonchev–Trinajstić information content (AvgIpc) is 3.24. The van der Waals surface area contributed by atoms with Crippen molar-refractivity contribution in [2.24, 2.45) is 0 Å². The summed E-state index contributed by atoms with van der Waals surface area (Å²) in [6.45, 7) is 0. The quantitative estimate of drug-likeness (QED) is 0.412. The van der Waals surface area contributed by atoms with Crippen molar-refractivity contribution in [1.82, 2.24) is 9.97 Å². The summed E-state index contributed by atoms with van der Waals surface area (Å²) in [5.41, 5.74) is 7.77. The molecule has 0 saturated heterocycles. The molecule has 148 valence electrons. The second-order valence-corrected chi connectivity index (χ2v) is 7.73. The van der Waals surface area contributed by atoms with E-state index < -0.39 is 5.97 Å². The molecule has 1 aliphatic carbocycles. The highest BCUT2D eigenvalue weighted by Crippen LogP contribution is 2.32. The third kappa shape index (κ3) is 3.41. The number of H-pyrrole nitrogens is 1. The molecular weight excluding hydrogens is 372 g/mol. The average molecular weight is 394 g/mol. The first-order valence-electron chi connectivity index (χ1n) is 10.3. The molecule has 1 heterocycles. The SMILES string of the molecule is O=C(O)c1cccc(-c2nc3c(-c4ccc(C5=CCCCC5)cc4)cccc3[nH]2)c1. The van der Waals surface area contributed by atoms with Gasteiger partial charge in [-0.15, -0.1) is 0 Å². The van der Waals surface area contributed by atoms with E-state index in [4.69, 9.17) is 4.98 Å². The normalized spacial score (nSPS) is 13.9. The lowest BCUT2D eigenvalue weighted by atomic mass is 9.92. The molecule has 0 radical (unpaired) electrons. The number of aromatic amines is 1. The van der Waals surface area contributed by atoms with Gasteiger partial charge in [0.05, 0.1) is 16.6 Å². The zero-order valence-corrected chi connectivity index (χ0v) is 16.6. The van der Waals surface area contributed by atoms with Crippen LogP contribution >= 0.6 is 0 Å². The Bertz CT molecular complexity index is 1270. The zero-order chi connectivity index (χ0) is 20.5. The lowest BCUT2D eigenvalue weighted by Gasteiger charge is -2.13. The predicted octanol–water partition coefficient (Wildman–Crippen LogP) is 6.55. The monoisotopic (exact) mass is 394 g/mol. The fourth-order valence-corrected chi connectivity index (χ4v) is 4.17. The summed E-state index contributed by atoms with van der Waals surface area (Å²) in [7, 11) is 0. The maximum atomic E-state index is 11.3. The lowest BCUT2D eigenvalue weighted by molar-refractivity contribution is 0.0697. The summed E-state index contributed by atoms with van der Waals surface area (Å²) in [4.78, 5) is 19.5. The Morgan fingerprint density at radius 1 is 0.900 bits per heavy atom. The Balaban J connectivity index is 1.53. The number of allylic oxidation sites excluding steroid dienone is 2. The van der Waals surface area contributed by atoms with Crippen molar-refractivity contribution in [3.63, 3.8) is 0 Å². The van der Waals surface area contributed by atoms with E-state index in [1.54, 1.807) is 18.2 Å². The molecule has 2 N–H and O–H groups in total. The van der Waals surface area contributed by atoms with Crippen molar-refractivity contribution >= 4 is 22.6 Å². The molecule has 0 atom stereocenters. The van der Waals surface area contributed by atoms with E-state index in [-0.39, 0.29) is 5.56 Å². The highest BCUT2D eigenvalue weighted by molar-refractivity contribution is 5.94. The first-order chi connectivity index (χ1) is 14.7. The molecule has 0 aliphatic heterocycles. The Hall–Kier alpha value is -3.66. The van der Waals surface area contributed by atoms with Crippen LogP contribution in [-0.4, -0.2) is 21.0 Å². The van der Waals surface area contributed by atoms with E-state index in [2.05, 4.69) is 41.4 Å². The predicted molar refractivity (Wildman–Crippen MR) is 120 cm³/mol. The Morgan fingerprint density at radius 3 is 2.47 bits per heavy atom. The number of hydrogen-bond donors (Lipinski definition) is 2. The molecule has 30 heavy (non-hydrogen) atoms. The Kier molecular flexibility index (Phi) is 4.68. The summed E-state index contributed by atoms with van der Waals surface area (Å²) >= 11 is 0. The van der Waals surface area contributed by atoms with Crippen LogP contribution in [0.15, 0.2) is 72.8 Å². The minimum Gasteiger partial charge on any atom is -0.478 e. The second-order valence-electron chi connectivity index (χ2n) is 7.73. The van der Waals surface area contributed by atoms with Crippen LogP contribution in [0.3, 0.4) is 0 Å². The van der Waals surface area contributed by atoms with Crippen molar-refractivity contribution < 1.29 is 9.90 Å². The number of rotatable bonds is 4. The van der Waals surface area contributed by atoms with Gasteiger partial charge in [-0.05, 0) is 60.6 Å². The van der Waals surface area contributed by atoms with Gasteiger partial charge in [0, 0.05) is 11.1 Å². The van der Waals surface area contributed by atoms with Crippen molar-refractivity contribution in [3.05, 3.63) is 83.9 Å². The number of carbonyl (C=O) groups is 1. The topological polar surface area (TPSA) is 66.0 Å². The van der Waals surface area contributed by atoms with E-state index >= 15 is 0 Å². The van der Waals surface area contributed by atoms with E-state index in [0.29, 0.717) is 5.82 Å². The van der Waals surface area contributed by atoms with Gasteiger partial charge in [0.2, 0.25) is 0 Å². The van der Waals surface area contributed by atoms with Crippen LogP contribution in [0.2, 0.25) is 0 Å². The van der Waals surface area contributed by atoms with Crippen molar-refractivity contribution in [2.45, 2.75) is 25.7 Å². The van der Waals surface area contributed by atoms with Gasteiger partial charge in [0.15, 0.2) is 0 Å². The molecule has 4 heteroatoms. The van der Waals surface area contributed by atoms with Crippen molar-refractivity contribution in [1.29, 1.82) is 0 Å². The van der Waals surface area contributed by atoms with Crippen LogP contribution in [0, 0.1) is 0 Å². The summed E-state index contributed by atoms with van der Waals surface area (Å²) in [6, 6.07) is 21.7. The van der Waals surface area contributed by atoms with Crippen LogP contribution in [-0.2, 0) is 0 Å². The van der Waals surface area contributed by atoms with Gasteiger partial charge < -0.3 is 10.1 Å². The van der Waals surface area contributed by atoms with Gasteiger partial charge in [-0.3, -0.25) is 0 Å². The molecule has 3 aromatic carbocycles. The number of para-hydroxylation sites is 1. The van der Waals surface area contributed by atoms with Crippen LogP contribution < -0.4 is 0 Å². The summed E-state index contributed by atoms with van der Waals surface area (Å²) < 4.78 is 0. The van der Waals surface area contributed by atoms with Gasteiger partial charge in [-0.1, -0.05) is 54.6 Å². The molecule has 0 spiro atoms. The molecule has 0 bridgehead atoms. The molecule has 4 aromatic rings. The minimum absolute atomic E-state index is 0.251. The molecule has 1 aromatic heterocycles. The Labute approximate surface area is 174 Å². The third-order valence-corrected chi connectivity index (χ3v) is 5.75. The highest BCUT2D eigenvalue weighted by atomic mass is 16.4. The van der Waals surface area contributed by atoms with Gasteiger partial charge in [0.25, 0.3) is 0 Å². The zero-order valence-electron chi connectivity index (χ0n) is 16.6. The lowest BCUT2D eigenvalue weighted by Crippen LogP contribution is -1.96. The van der Waals surface area contributed by atoms with Gasteiger partial charge in [0.1, 0.15) is 5.82 Å². The van der Waals surface area contributed by atoms with E-state index in [1.807, 2.05) is 18.2 Å². The number of fused-ring (bicyclic) bond motifs is 1. The van der Waals surface area contributed by atoms with E-state index in [9.17, 15) is 9.90 Å². The van der Waals surface area contributed by atoms with Crippen LogP contribution in [0.25, 0.3) is 39.1 Å². The number of carboxylic acids is 1. The molecule has 5 rings (SSSR count). The maximum absolute atomic E-state index is 11.3. The number of nitrogens with one attached hydrogen (secondary N) is 1. The largest absolute Gasteiger partial charge is 0.478 e. The summed E-state index contributed by atoms with van der Waals surface area (Å²) in [5, 5.41) is 9.27. The van der Waals surface area contributed by atoms with Crippen LogP contribution in [0.5, 0.6) is 0 Å². The van der Waals surface area contributed by atoms with Crippen molar-refractivity contribution in [2.75, 3.05) is 0 Å². The van der Waals surface area contributed by atoms with Gasteiger partial charge in [-0.2, -0.15) is 0 Å². The molecule has 0 saturated carbocycles. The van der Waals surface area contributed by atoms with Gasteiger partial charge in [-0.25, -0.2) is 9.78 Å². The molecular formula is C26H22N2O2. The van der Waals surface area contributed by atoms with Crippen LogP contribution in [0.4, 0.5) is 0 Å². The number of benzene rings is 3. The first kappa shape index (κ1) is 18.4. The number of hydrogen-bond acceptors (Lipinski definition) is 2. The molecule has 0 unspecified atom stereocenters. The Morgan fingerprint density at radius 2 is 1.70 bits per heavy atom. The van der Waals surface area contributed by atoms with Crippen molar-refractivity contribution in [3.8, 4) is 22.5 Å². The number of imidazole rings is 1. The highest BCUT2D eigenvalue weighted by Gasteiger charge is 2.13. The fraction of sp³-hybridized carbons (Fsp3) is 0.154. The molecule has 4 nitrogen and oxygen atoms in total. The second kappa shape index (κ2) is 7.64. The first-order valence-corrected chi connectivity index (χ1v) is 10.3. The van der Waals surface area contributed by atoms with E-state index in [1.165, 1.54) is 30.4 Å². The van der Waals surface area contributed by atoms with E-state index in [0.717, 1.165) is 34.1 Å². The smallest absolute Gasteiger partial charge is 0.335 e. The number of carboxylic acid groups (broad SMARTS) is 1. The minimum atomic E-state index is -0.943. The van der Waals surface area contributed by atoms with Crippen LogP contribution in [0.1, 0.15) is 41.6 Å². The fourth-order valence-electron chi connectivity index (χ4n) is 4.17. The maximum Gasteiger partial charge on any atom is 0.335 e. The standard InChI is InChI=1S/C26H22N2O2/c29-26(30)21-9-4-8-20(16-21)25-27-23-11-5-10-22(24(23)28-25)19-14-12-18(13-15-19)17-6-2-1-3-7-17/h4-6,8-16H,1-3,7H2,(H,27,28)(H,29,30). The summed E-state index contributed by atoms with van der Waals surface area (Å²) in [6.07, 6.45) is 7.26.